The van der Waals surface area contributed by atoms with Crippen LogP contribution in [0.5, 0.6) is 5.75 Å². The molecule has 3 nitrogen and oxygen atoms in total. The molecule has 0 aliphatic rings. The standard InChI is InChI=1S/C17H26N2O/c1-4-15(3)14-19(5-2)12-13-20-17-8-6-16(7-9-17)10-11-18/h6-9,15H,4-5,10,12-14H2,1-3H3. The van der Waals surface area contributed by atoms with E-state index in [1.54, 1.807) is 0 Å². The van der Waals surface area contributed by atoms with Gasteiger partial charge < -0.3 is 4.74 Å². The predicted molar refractivity (Wildman–Crippen MR) is 82.8 cm³/mol. The number of ether oxygens (including phenoxy) is 1. The molecule has 0 aliphatic heterocycles. The SMILES string of the molecule is CCC(C)CN(CC)CCOc1ccc(CC#N)cc1. The Hall–Kier alpha value is -1.53. The van der Waals surface area contributed by atoms with Crippen molar-refractivity contribution in [3.63, 3.8) is 0 Å². The van der Waals surface area contributed by atoms with Gasteiger partial charge in [0.15, 0.2) is 0 Å². The third-order valence-electron chi connectivity index (χ3n) is 3.60. The first kappa shape index (κ1) is 16.5. The Morgan fingerprint density at radius 3 is 2.50 bits per heavy atom. The van der Waals surface area contributed by atoms with Crippen molar-refractivity contribution in [3.05, 3.63) is 29.8 Å². The van der Waals surface area contributed by atoms with Crippen molar-refractivity contribution in [2.24, 2.45) is 5.92 Å². The minimum Gasteiger partial charge on any atom is -0.492 e. The van der Waals surface area contributed by atoms with Crippen molar-refractivity contribution in [1.29, 1.82) is 5.26 Å². The van der Waals surface area contributed by atoms with Crippen LogP contribution in [0.25, 0.3) is 0 Å². The number of nitrogens with zero attached hydrogens (tertiary/aromatic N) is 2. The van der Waals surface area contributed by atoms with E-state index < -0.39 is 0 Å². The van der Waals surface area contributed by atoms with Crippen LogP contribution in [-0.2, 0) is 6.42 Å². The van der Waals surface area contributed by atoms with E-state index in [9.17, 15) is 0 Å². The number of benzene rings is 1. The predicted octanol–water partition coefficient (Wildman–Crippen LogP) is 3.50. The molecule has 0 bridgehead atoms. The summed E-state index contributed by atoms with van der Waals surface area (Å²) in [7, 11) is 0. The van der Waals surface area contributed by atoms with E-state index in [1.165, 1.54) is 6.42 Å². The lowest BCUT2D eigenvalue weighted by atomic mass is 10.1. The Labute approximate surface area is 123 Å². The highest BCUT2D eigenvalue weighted by molar-refractivity contribution is 5.28. The summed E-state index contributed by atoms with van der Waals surface area (Å²) in [6, 6.07) is 9.94. The van der Waals surface area contributed by atoms with Gasteiger partial charge in [0.05, 0.1) is 12.5 Å². The van der Waals surface area contributed by atoms with Crippen LogP contribution in [-0.4, -0.2) is 31.1 Å². The van der Waals surface area contributed by atoms with Gasteiger partial charge in [-0.25, -0.2) is 0 Å². The monoisotopic (exact) mass is 274 g/mol. The highest BCUT2D eigenvalue weighted by atomic mass is 16.5. The largest absolute Gasteiger partial charge is 0.492 e. The van der Waals surface area contributed by atoms with Gasteiger partial charge in [0, 0.05) is 13.1 Å². The van der Waals surface area contributed by atoms with Crippen molar-refractivity contribution in [3.8, 4) is 11.8 Å². The molecule has 20 heavy (non-hydrogen) atoms. The van der Waals surface area contributed by atoms with Crippen LogP contribution >= 0.6 is 0 Å². The number of hydrogen-bond acceptors (Lipinski definition) is 3. The molecule has 0 fully saturated rings. The van der Waals surface area contributed by atoms with Gasteiger partial charge >= 0.3 is 0 Å². The smallest absolute Gasteiger partial charge is 0.119 e. The zero-order valence-corrected chi connectivity index (χ0v) is 12.9. The van der Waals surface area contributed by atoms with Crippen LogP contribution in [0.15, 0.2) is 24.3 Å². The van der Waals surface area contributed by atoms with Crippen molar-refractivity contribution >= 4 is 0 Å². The average molecular weight is 274 g/mol. The van der Waals surface area contributed by atoms with Gasteiger partial charge in [-0.05, 0) is 30.2 Å². The summed E-state index contributed by atoms with van der Waals surface area (Å²) in [6.45, 7) is 10.6. The molecule has 1 rings (SSSR count). The molecule has 0 amide bonds. The highest BCUT2D eigenvalue weighted by Gasteiger charge is 2.07. The van der Waals surface area contributed by atoms with Crippen LogP contribution in [0.1, 0.15) is 32.8 Å². The van der Waals surface area contributed by atoms with Gasteiger partial charge in [0.25, 0.3) is 0 Å². The van der Waals surface area contributed by atoms with E-state index in [1.807, 2.05) is 24.3 Å². The van der Waals surface area contributed by atoms with Crippen LogP contribution in [0.4, 0.5) is 0 Å². The lowest BCUT2D eigenvalue weighted by Gasteiger charge is -2.23. The molecule has 0 spiro atoms. The Morgan fingerprint density at radius 1 is 1.25 bits per heavy atom. The number of rotatable bonds is 9. The fraction of sp³-hybridized carbons (Fsp3) is 0.588. The third kappa shape index (κ3) is 6.08. The van der Waals surface area contributed by atoms with Gasteiger partial charge in [-0.1, -0.05) is 39.3 Å². The highest BCUT2D eigenvalue weighted by Crippen LogP contribution is 2.12. The summed E-state index contributed by atoms with van der Waals surface area (Å²) in [5.74, 6) is 1.62. The topological polar surface area (TPSA) is 36.3 Å². The summed E-state index contributed by atoms with van der Waals surface area (Å²) in [5.41, 5.74) is 1.03. The second kappa shape index (κ2) is 9.39. The minimum absolute atomic E-state index is 0.457. The second-order valence-electron chi connectivity index (χ2n) is 5.23. The Bertz CT molecular complexity index is 408. The molecule has 0 aromatic heterocycles. The van der Waals surface area contributed by atoms with E-state index in [0.29, 0.717) is 13.0 Å². The normalized spacial score (nSPS) is 12.2. The maximum absolute atomic E-state index is 8.62. The Balaban J connectivity index is 2.33. The van der Waals surface area contributed by atoms with E-state index in [-0.39, 0.29) is 0 Å². The van der Waals surface area contributed by atoms with Crippen molar-refractivity contribution < 1.29 is 4.74 Å². The molecular formula is C17H26N2O. The molecular weight excluding hydrogens is 248 g/mol. The molecule has 0 heterocycles. The maximum Gasteiger partial charge on any atom is 0.119 e. The summed E-state index contributed by atoms with van der Waals surface area (Å²) in [6.07, 6.45) is 1.68. The van der Waals surface area contributed by atoms with E-state index in [2.05, 4.69) is 31.7 Å². The summed E-state index contributed by atoms with van der Waals surface area (Å²) in [4.78, 5) is 2.43. The zero-order chi connectivity index (χ0) is 14.8. The van der Waals surface area contributed by atoms with Crippen molar-refractivity contribution in [2.75, 3.05) is 26.2 Å². The van der Waals surface area contributed by atoms with Crippen LogP contribution in [0.3, 0.4) is 0 Å². The Kier molecular flexibility index (Phi) is 7.75. The number of likely N-dealkylation sites (N-methyl/N-ethyl adjacent to an activating group) is 1. The van der Waals surface area contributed by atoms with Crippen molar-refractivity contribution in [2.45, 2.75) is 33.6 Å². The van der Waals surface area contributed by atoms with Crippen molar-refractivity contribution in [1.82, 2.24) is 4.90 Å². The first-order valence-electron chi connectivity index (χ1n) is 7.50. The second-order valence-corrected chi connectivity index (χ2v) is 5.23. The quantitative estimate of drug-likeness (QED) is 0.691. The summed E-state index contributed by atoms with van der Waals surface area (Å²) >= 11 is 0. The first-order chi connectivity index (χ1) is 9.69. The van der Waals surface area contributed by atoms with Gasteiger partial charge in [-0.15, -0.1) is 0 Å². The van der Waals surface area contributed by atoms with E-state index in [0.717, 1.165) is 36.9 Å². The molecule has 110 valence electrons. The van der Waals surface area contributed by atoms with Crippen LogP contribution < -0.4 is 4.74 Å². The molecule has 0 aliphatic carbocycles. The molecule has 0 radical (unpaired) electrons. The molecule has 0 saturated carbocycles. The molecule has 1 atom stereocenters. The van der Waals surface area contributed by atoms with Gasteiger partial charge in [0.2, 0.25) is 0 Å². The molecule has 1 unspecified atom stereocenters. The van der Waals surface area contributed by atoms with Gasteiger partial charge in [-0.3, -0.25) is 4.90 Å². The Morgan fingerprint density at radius 2 is 1.95 bits per heavy atom. The fourth-order valence-corrected chi connectivity index (χ4v) is 2.04. The van der Waals surface area contributed by atoms with Gasteiger partial charge in [-0.2, -0.15) is 5.26 Å². The van der Waals surface area contributed by atoms with Crippen LogP contribution in [0.2, 0.25) is 0 Å². The fourth-order valence-electron chi connectivity index (χ4n) is 2.04. The molecule has 1 aromatic rings. The number of nitriles is 1. The average Bonchev–Trinajstić information content (AvgIpc) is 2.48. The minimum atomic E-state index is 0.457. The third-order valence-corrected chi connectivity index (χ3v) is 3.60. The maximum atomic E-state index is 8.62. The van der Waals surface area contributed by atoms with Gasteiger partial charge in [0.1, 0.15) is 12.4 Å². The lowest BCUT2D eigenvalue weighted by Crippen LogP contribution is -2.32. The number of hydrogen-bond donors (Lipinski definition) is 0. The molecule has 0 N–H and O–H groups in total. The zero-order valence-electron chi connectivity index (χ0n) is 12.9. The van der Waals surface area contributed by atoms with Crippen LogP contribution in [0, 0.1) is 17.2 Å². The first-order valence-corrected chi connectivity index (χ1v) is 7.50. The molecule has 0 saturated heterocycles. The molecule has 3 heteroatoms. The lowest BCUT2D eigenvalue weighted by molar-refractivity contribution is 0.194. The van der Waals surface area contributed by atoms with E-state index in [4.69, 9.17) is 10.00 Å². The summed E-state index contributed by atoms with van der Waals surface area (Å²) in [5, 5.41) is 8.62. The molecule has 1 aromatic carbocycles. The van der Waals surface area contributed by atoms with E-state index >= 15 is 0 Å². The summed E-state index contributed by atoms with van der Waals surface area (Å²) < 4.78 is 5.76.